The molecule has 0 spiro atoms. The standard InChI is InChI=1S/C13H19BO/c1-4-13(15-14(5-2)6-3)12-10-8-7-9-11-12/h4,7-11H,5-6H2,1-3H3/b13-4-. The normalized spacial score (nSPS) is 11.3. The van der Waals surface area contributed by atoms with Crippen LogP contribution in [-0.2, 0) is 4.65 Å². The van der Waals surface area contributed by atoms with Crippen molar-refractivity contribution in [2.24, 2.45) is 0 Å². The molecule has 15 heavy (non-hydrogen) atoms. The SMILES string of the molecule is C/C=C(\OB(CC)CC)c1ccccc1. The second kappa shape index (κ2) is 6.33. The quantitative estimate of drug-likeness (QED) is 0.516. The molecule has 0 unspecified atom stereocenters. The lowest BCUT2D eigenvalue weighted by Crippen LogP contribution is -2.14. The number of rotatable bonds is 5. The molecule has 0 amide bonds. The van der Waals surface area contributed by atoms with E-state index in [9.17, 15) is 0 Å². The smallest absolute Gasteiger partial charge is 0.357 e. The summed E-state index contributed by atoms with van der Waals surface area (Å²) in [5, 5.41) is 0. The minimum atomic E-state index is 0.330. The van der Waals surface area contributed by atoms with E-state index in [-0.39, 0.29) is 0 Å². The third kappa shape index (κ3) is 3.47. The van der Waals surface area contributed by atoms with Crippen LogP contribution >= 0.6 is 0 Å². The molecule has 0 saturated carbocycles. The van der Waals surface area contributed by atoms with Crippen LogP contribution in [-0.4, -0.2) is 6.92 Å². The molecule has 0 aliphatic rings. The van der Waals surface area contributed by atoms with Gasteiger partial charge in [-0.2, -0.15) is 0 Å². The molecular formula is C13H19BO. The first kappa shape index (κ1) is 11.9. The Hall–Kier alpha value is -1.18. The fourth-order valence-electron chi connectivity index (χ4n) is 1.54. The highest BCUT2D eigenvalue weighted by molar-refractivity contribution is 6.52. The summed E-state index contributed by atoms with van der Waals surface area (Å²) in [6.45, 7) is 6.67. The Morgan fingerprint density at radius 1 is 1.20 bits per heavy atom. The van der Waals surface area contributed by atoms with E-state index in [4.69, 9.17) is 4.65 Å². The molecular weight excluding hydrogens is 183 g/mol. The van der Waals surface area contributed by atoms with Crippen LogP contribution in [0.1, 0.15) is 26.3 Å². The van der Waals surface area contributed by atoms with Gasteiger partial charge in [-0.15, -0.1) is 0 Å². The van der Waals surface area contributed by atoms with Crippen molar-refractivity contribution < 1.29 is 4.65 Å². The van der Waals surface area contributed by atoms with Gasteiger partial charge in [0.05, 0.1) is 0 Å². The molecule has 2 heteroatoms. The van der Waals surface area contributed by atoms with E-state index in [0.717, 1.165) is 24.0 Å². The Kier molecular flexibility index (Phi) is 5.02. The van der Waals surface area contributed by atoms with E-state index in [2.05, 4.69) is 26.0 Å². The predicted octanol–water partition coefficient (Wildman–Crippen LogP) is 4.10. The lowest BCUT2D eigenvalue weighted by atomic mass is 9.62. The lowest BCUT2D eigenvalue weighted by molar-refractivity contribution is 0.523. The first-order valence-corrected chi connectivity index (χ1v) is 5.70. The van der Waals surface area contributed by atoms with Crippen molar-refractivity contribution in [1.29, 1.82) is 0 Å². The first-order chi connectivity index (χ1) is 7.31. The summed E-state index contributed by atoms with van der Waals surface area (Å²) in [4.78, 5) is 0. The average Bonchev–Trinajstić information content (AvgIpc) is 2.32. The van der Waals surface area contributed by atoms with Gasteiger partial charge in [-0.05, 0) is 25.6 Å². The fraction of sp³-hybridized carbons (Fsp3) is 0.385. The van der Waals surface area contributed by atoms with Gasteiger partial charge >= 0.3 is 6.92 Å². The molecule has 1 nitrogen and oxygen atoms in total. The Morgan fingerprint density at radius 2 is 1.80 bits per heavy atom. The molecule has 1 aromatic rings. The molecule has 0 fully saturated rings. The summed E-state index contributed by atoms with van der Waals surface area (Å²) in [6.07, 6.45) is 4.15. The lowest BCUT2D eigenvalue weighted by Gasteiger charge is -2.15. The van der Waals surface area contributed by atoms with E-state index in [1.54, 1.807) is 0 Å². The Bertz CT molecular complexity index is 302. The molecule has 0 atom stereocenters. The maximum absolute atomic E-state index is 5.95. The summed E-state index contributed by atoms with van der Waals surface area (Å²) >= 11 is 0. The third-order valence-corrected chi connectivity index (χ3v) is 2.52. The number of hydrogen-bond acceptors (Lipinski definition) is 1. The van der Waals surface area contributed by atoms with Gasteiger partial charge in [0, 0.05) is 5.56 Å². The van der Waals surface area contributed by atoms with Gasteiger partial charge in [0.2, 0.25) is 0 Å². The van der Waals surface area contributed by atoms with Crippen LogP contribution in [0.4, 0.5) is 0 Å². The molecule has 1 aromatic carbocycles. The number of hydrogen-bond donors (Lipinski definition) is 0. The van der Waals surface area contributed by atoms with Crippen LogP contribution < -0.4 is 0 Å². The highest BCUT2D eigenvalue weighted by atomic mass is 16.4. The molecule has 0 aromatic heterocycles. The summed E-state index contributed by atoms with van der Waals surface area (Å²) in [7, 11) is 0. The van der Waals surface area contributed by atoms with Gasteiger partial charge in [0.15, 0.2) is 0 Å². The van der Waals surface area contributed by atoms with Gasteiger partial charge in [-0.3, -0.25) is 0 Å². The maximum atomic E-state index is 5.95. The van der Waals surface area contributed by atoms with E-state index in [0.29, 0.717) is 6.92 Å². The fourth-order valence-corrected chi connectivity index (χ4v) is 1.54. The average molecular weight is 202 g/mol. The van der Waals surface area contributed by atoms with Crippen LogP contribution in [0.15, 0.2) is 36.4 Å². The summed E-state index contributed by atoms with van der Waals surface area (Å²) in [5.74, 6) is 0.990. The van der Waals surface area contributed by atoms with E-state index < -0.39 is 0 Å². The summed E-state index contributed by atoms with van der Waals surface area (Å²) in [5.41, 5.74) is 1.16. The molecule has 0 aliphatic carbocycles. The van der Waals surface area contributed by atoms with Crippen molar-refractivity contribution in [2.75, 3.05) is 0 Å². The van der Waals surface area contributed by atoms with Gasteiger partial charge < -0.3 is 4.65 Å². The largest absolute Gasteiger partial charge is 0.561 e. The van der Waals surface area contributed by atoms with Gasteiger partial charge in [0.25, 0.3) is 0 Å². The van der Waals surface area contributed by atoms with Crippen LogP contribution in [0.2, 0.25) is 12.6 Å². The predicted molar refractivity (Wildman–Crippen MR) is 67.9 cm³/mol. The third-order valence-electron chi connectivity index (χ3n) is 2.52. The molecule has 0 aliphatic heterocycles. The van der Waals surface area contributed by atoms with Crippen molar-refractivity contribution in [3.63, 3.8) is 0 Å². The van der Waals surface area contributed by atoms with Crippen molar-refractivity contribution in [2.45, 2.75) is 33.4 Å². The number of benzene rings is 1. The van der Waals surface area contributed by atoms with Crippen molar-refractivity contribution in [3.05, 3.63) is 42.0 Å². The minimum absolute atomic E-state index is 0.330. The number of allylic oxidation sites excluding steroid dienone is 1. The highest BCUT2D eigenvalue weighted by Crippen LogP contribution is 2.18. The molecule has 80 valence electrons. The first-order valence-electron chi connectivity index (χ1n) is 5.70. The molecule has 0 radical (unpaired) electrons. The molecule has 0 N–H and O–H groups in total. The second-order valence-electron chi connectivity index (χ2n) is 3.58. The topological polar surface area (TPSA) is 9.23 Å². The zero-order chi connectivity index (χ0) is 11.1. The summed E-state index contributed by atoms with van der Waals surface area (Å²) in [6, 6.07) is 10.3. The Morgan fingerprint density at radius 3 is 2.27 bits per heavy atom. The van der Waals surface area contributed by atoms with Gasteiger partial charge in [0.1, 0.15) is 5.76 Å². The Balaban J connectivity index is 2.74. The maximum Gasteiger partial charge on any atom is 0.357 e. The van der Waals surface area contributed by atoms with Crippen LogP contribution in [0.3, 0.4) is 0 Å². The zero-order valence-electron chi connectivity index (χ0n) is 9.86. The molecule has 1 rings (SSSR count). The van der Waals surface area contributed by atoms with E-state index >= 15 is 0 Å². The summed E-state index contributed by atoms with van der Waals surface area (Å²) < 4.78 is 5.95. The molecule has 0 bridgehead atoms. The minimum Gasteiger partial charge on any atom is -0.561 e. The van der Waals surface area contributed by atoms with Gasteiger partial charge in [-0.1, -0.05) is 44.2 Å². The monoisotopic (exact) mass is 202 g/mol. The van der Waals surface area contributed by atoms with E-state index in [1.165, 1.54) is 0 Å². The van der Waals surface area contributed by atoms with Crippen LogP contribution in [0.5, 0.6) is 0 Å². The van der Waals surface area contributed by atoms with Crippen molar-refractivity contribution in [3.8, 4) is 0 Å². The zero-order valence-corrected chi connectivity index (χ0v) is 9.86. The van der Waals surface area contributed by atoms with E-state index in [1.807, 2.05) is 31.2 Å². The second-order valence-corrected chi connectivity index (χ2v) is 3.58. The Labute approximate surface area is 93.3 Å². The molecule has 0 heterocycles. The van der Waals surface area contributed by atoms with Crippen LogP contribution in [0.25, 0.3) is 5.76 Å². The highest BCUT2D eigenvalue weighted by Gasteiger charge is 2.13. The van der Waals surface area contributed by atoms with Crippen molar-refractivity contribution in [1.82, 2.24) is 0 Å². The van der Waals surface area contributed by atoms with Crippen LogP contribution in [0, 0.1) is 0 Å². The van der Waals surface area contributed by atoms with Gasteiger partial charge in [-0.25, -0.2) is 0 Å². The van der Waals surface area contributed by atoms with Crippen molar-refractivity contribution >= 4 is 12.7 Å². The molecule has 0 saturated heterocycles.